The van der Waals surface area contributed by atoms with Gasteiger partial charge in [-0.05, 0) is 42.3 Å². The zero-order valence-electron chi connectivity index (χ0n) is 17.5. The number of fused-ring (bicyclic) bond motifs is 1. The topological polar surface area (TPSA) is 54.0 Å². The van der Waals surface area contributed by atoms with Crippen LogP contribution in [-0.4, -0.2) is 55.9 Å². The first-order valence-electron chi connectivity index (χ1n) is 10.9. The maximum absolute atomic E-state index is 12.5. The number of anilines is 1. The molecule has 1 N–H and O–H groups in total. The van der Waals surface area contributed by atoms with Gasteiger partial charge in [0, 0.05) is 51.3 Å². The third-order valence-corrected chi connectivity index (χ3v) is 6.54. The molecule has 0 saturated carbocycles. The van der Waals surface area contributed by atoms with Crippen LogP contribution in [-0.2, 0) is 11.3 Å². The van der Waals surface area contributed by atoms with E-state index in [0.29, 0.717) is 11.3 Å². The van der Waals surface area contributed by atoms with Crippen LogP contribution in [0, 0.1) is 6.92 Å². The van der Waals surface area contributed by atoms with Gasteiger partial charge >= 0.3 is 0 Å². The van der Waals surface area contributed by atoms with Gasteiger partial charge in [-0.2, -0.15) is 0 Å². The van der Waals surface area contributed by atoms with E-state index in [-0.39, 0.29) is 5.91 Å². The van der Waals surface area contributed by atoms with Crippen LogP contribution in [0.5, 0.6) is 5.75 Å². The van der Waals surface area contributed by atoms with E-state index in [9.17, 15) is 4.79 Å². The van der Waals surface area contributed by atoms with Crippen LogP contribution in [0.3, 0.4) is 0 Å². The first-order valence-corrected chi connectivity index (χ1v) is 10.9. The maximum Gasteiger partial charge on any atom is 0.258 e. The molecule has 2 fully saturated rings. The fraction of sp³-hybridized carbons (Fsp3) is 0.458. The van der Waals surface area contributed by atoms with Crippen LogP contribution < -0.4 is 15.0 Å². The Bertz CT molecular complexity index is 931. The molecule has 5 rings (SSSR count). The van der Waals surface area contributed by atoms with E-state index in [1.165, 1.54) is 16.8 Å². The Balaban J connectivity index is 1.22. The molecule has 158 valence electrons. The van der Waals surface area contributed by atoms with E-state index in [0.717, 1.165) is 58.8 Å². The summed E-state index contributed by atoms with van der Waals surface area (Å²) < 4.78 is 11.7. The van der Waals surface area contributed by atoms with Crippen LogP contribution in [0.25, 0.3) is 0 Å². The molecule has 6 nitrogen and oxygen atoms in total. The van der Waals surface area contributed by atoms with Crippen molar-refractivity contribution < 1.29 is 14.3 Å². The number of aryl methyl sites for hydroxylation is 1. The molecule has 1 amide bonds. The molecule has 2 aromatic carbocycles. The maximum atomic E-state index is 12.5. The molecule has 3 aliphatic rings. The van der Waals surface area contributed by atoms with E-state index in [2.05, 4.69) is 40.2 Å². The van der Waals surface area contributed by atoms with Crippen molar-refractivity contribution in [2.45, 2.75) is 32.0 Å². The Morgan fingerprint density at radius 3 is 2.57 bits per heavy atom. The smallest absolute Gasteiger partial charge is 0.258 e. The Labute approximate surface area is 177 Å². The molecule has 30 heavy (non-hydrogen) atoms. The number of ether oxygens (including phenoxy) is 2. The molecular formula is C24H29N3O3. The quantitative estimate of drug-likeness (QED) is 0.848. The summed E-state index contributed by atoms with van der Waals surface area (Å²) in [6.07, 6.45) is 1.58. The number of rotatable bonds is 3. The molecule has 0 unspecified atom stereocenters. The van der Waals surface area contributed by atoms with Gasteiger partial charge in [0.1, 0.15) is 5.75 Å². The van der Waals surface area contributed by atoms with Crippen molar-refractivity contribution in [3.63, 3.8) is 0 Å². The molecule has 0 atom stereocenters. The van der Waals surface area contributed by atoms with Gasteiger partial charge in [0.25, 0.3) is 5.91 Å². The summed E-state index contributed by atoms with van der Waals surface area (Å²) >= 11 is 0. The number of para-hydroxylation sites is 1. The van der Waals surface area contributed by atoms with E-state index in [4.69, 9.17) is 9.47 Å². The van der Waals surface area contributed by atoms with Gasteiger partial charge in [-0.1, -0.05) is 18.2 Å². The Morgan fingerprint density at radius 2 is 1.80 bits per heavy atom. The minimum atomic E-state index is -0.572. The van der Waals surface area contributed by atoms with Gasteiger partial charge in [0.2, 0.25) is 0 Å². The summed E-state index contributed by atoms with van der Waals surface area (Å²) in [5.74, 6) is 0.670. The zero-order valence-corrected chi connectivity index (χ0v) is 17.5. The molecule has 0 aliphatic carbocycles. The molecule has 2 saturated heterocycles. The third kappa shape index (κ3) is 3.77. The second-order valence-electron chi connectivity index (χ2n) is 8.53. The number of morpholine rings is 1. The molecule has 6 heteroatoms. The molecule has 0 aromatic heterocycles. The largest absolute Gasteiger partial charge is 0.467 e. The van der Waals surface area contributed by atoms with Crippen LogP contribution >= 0.6 is 0 Å². The van der Waals surface area contributed by atoms with Crippen LogP contribution in [0.4, 0.5) is 5.69 Å². The van der Waals surface area contributed by atoms with Gasteiger partial charge in [-0.25, -0.2) is 0 Å². The predicted molar refractivity (Wildman–Crippen MR) is 116 cm³/mol. The second kappa shape index (κ2) is 7.93. The summed E-state index contributed by atoms with van der Waals surface area (Å²) in [6.45, 7) is 8.45. The highest BCUT2D eigenvalue weighted by Crippen LogP contribution is 2.34. The van der Waals surface area contributed by atoms with E-state index >= 15 is 0 Å². The number of hydrogen-bond acceptors (Lipinski definition) is 5. The average molecular weight is 408 g/mol. The van der Waals surface area contributed by atoms with Crippen molar-refractivity contribution >= 4 is 11.6 Å². The van der Waals surface area contributed by atoms with E-state index in [1.54, 1.807) is 0 Å². The summed E-state index contributed by atoms with van der Waals surface area (Å²) in [4.78, 5) is 17.4. The van der Waals surface area contributed by atoms with Crippen molar-refractivity contribution in [3.05, 3.63) is 59.2 Å². The minimum Gasteiger partial charge on any atom is -0.467 e. The first-order chi connectivity index (χ1) is 14.6. The number of nitrogens with zero attached hydrogens (tertiary/aromatic N) is 2. The molecule has 3 aliphatic heterocycles. The predicted octanol–water partition coefficient (Wildman–Crippen LogP) is 2.95. The standard InChI is InChI=1S/C24H29N3O3/c1-18-16-20(27-12-14-29-15-13-27)7-6-19(18)17-26-10-8-24(9-11-26)25-23(28)21-4-2-3-5-22(21)30-24/h2-7,16H,8-15,17H2,1H3,(H,25,28). The lowest BCUT2D eigenvalue weighted by Crippen LogP contribution is -2.60. The lowest BCUT2D eigenvalue weighted by atomic mass is 9.96. The summed E-state index contributed by atoms with van der Waals surface area (Å²) in [6, 6.07) is 14.3. The zero-order chi connectivity index (χ0) is 20.6. The molecule has 0 bridgehead atoms. The van der Waals surface area contributed by atoms with Gasteiger partial charge in [-0.15, -0.1) is 0 Å². The van der Waals surface area contributed by atoms with Crippen molar-refractivity contribution in [1.29, 1.82) is 0 Å². The summed E-state index contributed by atoms with van der Waals surface area (Å²) in [7, 11) is 0. The van der Waals surface area contributed by atoms with Gasteiger partial charge in [0.05, 0.1) is 18.8 Å². The van der Waals surface area contributed by atoms with Crippen LogP contribution in [0.1, 0.15) is 34.3 Å². The van der Waals surface area contributed by atoms with Crippen molar-refractivity contribution in [1.82, 2.24) is 10.2 Å². The number of carbonyl (C=O) groups excluding carboxylic acids is 1. The minimum absolute atomic E-state index is 0.0279. The fourth-order valence-corrected chi connectivity index (χ4v) is 4.67. The number of carbonyl (C=O) groups is 1. The lowest BCUT2D eigenvalue weighted by Gasteiger charge is -2.44. The molecule has 0 radical (unpaired) electrons. The van der Waals surface area contributed by atoms with Crippen molar-refractivity contribution in [2.24, 2.45) is 0 Å². The Kier molecular flexibility index (Phi) is 5.13. The van der Waals surface area contributed by atoms with E-state index in [1.807, 2.05) is 24.3 Å². The highest BCUT2D eigenvalue weighted by molar-refractivity contribution is 5.98. The number of likely N-dealkylation sites (tertiary alicyclic amines) is 1. The summed E-state index contributed by atoms with van der Waals surface area (Å²) in [5, 5.41) is 3.12. The average Bonchev–Trinajstić information content (AvgIpc) is 2.77. The number of piperidine rings is 1. The summed E-state index contributed by atoms with van der Waals surface area (Å²) in [5.41, 5.74) is 4.03. The Hall–Kier alpha value is -2.57. The number of benzene rings is 2. The number of nitrogens with one attached hydrogen (secondary N) is 1. The first kappa shape index (κ1) is 19.4. The number of amides is 1. The highest BCUT2D eigenvalue weighted by atomic mass is 16.5. The van der Waals surface area contributed by atoms with Gasteiger partial charge < -0.3 is 19.7 Å². The second-order valence-corrected chi connectivity index (χ2v) is 8.53. The number of hydrogen-bond donors (Lipinski definition) is 1. The molecule has 1 spiro atoms. The fourth-order valence-electron chi connectivity index (χ4n) is 4.67. The van der Waals surface area contributed by atoms with Gasteiger partial charge in [-0.3, -0.25) is 9.69 Å². The van der Waals surface area contributed by atoms with Crippen molar-refractivity contribution in [2.75, 3.05) is 44.3 Å². The van der Waals surface area contributed by atoms with Gasteiger partial charge in [0.15, 0.2) is 5.72 Å². The van der Waals surface area contributed by atoms with E-state index < -0.39 is 5.72 Å². The molecular weight excluding hydrogens is 378 g/mol. The lowest BCUT2D eigenvalue weighted by molar-refractivity contribution is -0.0304. The van der Waals surface area contributed by atoms with Crippen molar-refractivity contribution in [3.8, 4) is 5.75 Å². The molecule has 2 aromatic rings. The Morgan fingerprint density at radius 1 is 1.03 bits per heavy atom. The highest BCUT2D eigenvalue weighted by Gasteiger charge is 2.42. The molecule has 3 heterocycles. The SMILES string of the molecule is Cc1cc(N2CCOCC2)ccc1CN1CCC2(CC1)NC(=O)c1ccccc1O2. The van der Waals surface area contributed by atoms with Crippen LogP contribution in [0.15, 0.2) is 42.5 Å². The van der Waals surface area contributed by atoms with Crippen LogP contribution in [0.2, 0.25) is 0 Å². The third-order valence-electron chi connectivity index (χ3n) is 6.54. The normalized spacial score (nSPS) is 21.1. The monoisotopic (exact) mass is 407 g/mol.